The third kappa shape index (κ3) is 4.74. The minimum atomic E-state index is -2.82. The van der Waals surface area contributed by atoms with Gasteiger partial charge in [0.2, 0.25) is 5.95 Å². The van der Waals surface area contributed by atoms with Crippen LogP contribution >= 0.6 is 0 Å². The minimum Gasteiger partial charge on any atom is -0.492 e. The molecule has 2 aromatic heterocycles. The molecule has 2 fully saturated rings. The van der Waals surface area contributed by atoms with Crippen LogP contribution in [0.25, 0.3) is 17.0 Å². The molecule has 0 radical (unpaired) electrons. The number of alkyl halides is 2. The summed E-state index contributed by atoms with van der Waals surface area (Å²) in [6.45, 7) is 10.6. The van der Waals surface area contributed by atoms with Crippen LogP contribution in [-0.2, 0) is 9.47 Å². The van der Waals surface area contributed by atoms with Crippen molar-refractivity contribution >= 4 is 22.7 Å². The molecule has 0 saturated carbocycles. The van der Waals surface area contributed by atoms with E-state index in [9.17, 15) is 8.78 Å². The largest absolute Gasteiger partial charge is 0.492 e. The smallest absolute Gasteiger partial charge is 0.296 e. The zero-order valence-electron chi connectivity index (χ0n) is 20.2. The minimum absolute atomic E-state index is 0.153. The van der Waals surface area contributed by atoms with Crippen molar-refractivity contribution in [3.8, 4) is 11.7 Å². The number of morpholine rings is 2. The van der Waals surface area contributed by atoms with Gasteiger partial charge in [-0.25, -0.2) is 13.8 Å². The molecule has 1 aromatic carbocycles. The highest BCUT2D eigenvalue weighted by molar-refractivity contribution is 5.84. The summed E-state index contributed by atoms with van der Waals surface area (Å²) in [5.74, 6) is 1.51. The van der Waals surface area contributed by atoms with Crippen molar-refractivity contribution in [3.05, 3.63) is 30.1 Å². The zero-order chi connectivity index (χ0) is 24.6. The first-order valence-corrected chi connectivity index (χ1v) is 11.9. The van der Waals surface area contributed by atoms with Gasteiger partial charge in [-0.15, -0.1) is 0 Å². The van der Waals surface area contributed by atoms with Gasteiger partial charge in [0.05, 0.1) is 37.5 Å². The summed E-state index contributed by atoms with van der Waals surface area (Å²) in [5, 5.41) is 0. The van der Waals surface area contributed by atoms with E-state index in [0.29, 0.717) is 81.0 Å². The van der Waals surface area contributed by atoms with Crippen LogP contribution in [0.5, 0.6) is 5.75 Å². The van der Waals surface area contributed by atoms with Crippen molar-refractivity contribution in [3.63, 3.8) is 0 Å². The Balaban J connectivity index is 1.69. The maximum absolute atomic E-state index is 14.2. The maximum Gasteiger partial charge on any atom is 0.296 e. The van der Waals surface area contributed by atoms with E-state index in [0.717, 1.165) is 0 Å². The Kier molecular flexibility index (Phi) is 6.45. The molecule has 2 aliphatic heterocycles. The van der Waals surface area contributed by atoms with Crippen LogP contribution in [0.1, 0.15) is 33.0 Å². The fourth-order valence-electron chi connectivity index (χ4n) is 4.56. The van der Waals surface area contributed by atoms with Gasteiger partial charge in [-0.05, 0) is 32.9 Å². The van der Waals surface area contributed by atoms with E-state index in [1.807, 2.05) is 26.8 Å². The Labute approximate surface area is 202 Å². The average molecular weight is 489 g/mol. The molecule has 3 aromatic rings. The monoisotopic (exact) mass is 488 g/mol. The third-order valence-corrected chi connectivity index (χ3v) is 6.14. The number of hydrogen-bond donors (Lipinski definition) is 0. The van der Waals surface area contributed by atoms with E-state index in [2.05, 4.69) is 14.8 Å². The fraction of sp³-hybridized carbons (Fsp3) is 0.542. The molecule has 2 saturated heterocycles. The van der Waals surface area contributed by atoms with E-state index in [1.54, 1.807) is 18.2 Å². The molecule has 188 valence electrons. The summed E-state index contributed by atoms with van der Waals surface area (Å²) in [5.41, 5.74) is 0.475. The van der Waals surface area contributed by atoms with Gasteiger partial charge in [0.15, 0.2) is 5.82 Å². The number of anilines is 2. The quantitative estimate of drug-likeness (QED) is 0.521. The molecule has 0 unspecified atom stereocenters. The van der Waals surface area contributed by atoms with Crippen molar-refractivity contribution in [2.24, 2.45) is 0 Å². The lowest BCUT2D eigenvalue weighted by Gasteiger charge is -2.39. The fourth-order valence-corrected chi connectivity index (χ4v) is 4.56. The molecule has 4 heterocycles. The molecule has 0 aliphatic carbocycles. The summed E-state index contributed by atoms with van der Waals surface area (Å²) >= 11 is 0. The lowest BCUT2D eigenvalue weighted by Crippen LogP contribution is -2.48. The first-order chi connectivity index (χ1) is 16.9. The van der Waals surface area contributed by atoms with E-state index >= 15 is 0 Å². The molecule has 0 amide bonds. The Morgan fingerprint density at radius 1 is 1.03 bits per heavy atom. The highest BCUT2D eigenvalue weighted by atomic mass is 19.3. The first kappa shape index (κ1) is 23.7. The Hall–Kier alpha value is -3.05. The van der Waals surface area contributed by atoms with Gasteiger partial charge in [-0.3, -0.25) is 4.57 Å². The van der Waals surface area contributed by atoms with Crippen LogP contribution in [0.3, 0.4) is 0 Å². The first-order valence-electron chi connectivity index (χ1n) is 11.9. The average Bonchev–Trinajstić information content (AvgIpc) is 3.25. The normalized spacial score (nSPS) is 18.5. The molecule has 0 atom stereocenters. The number of rotatable bonds is 6. The predicted octanol–water partition coefficient (Wildman–Crippen LogP) is 3.60. The second kappa shape index (κ2) is 9.54. The van der Waals surface area contributed by atoms with E-state index < -0.39 is 12.2 Å². The van der Waals surface area contributed by atoms with Gasteiger partial charge < -0.3 is 24.0 Å². The van der Waals surface area contributed by atoms with Crippen molar-refractivity contribution in [1.82, 2.24) is 19.5 Å². The van der Waals surface area contributed by atoms with Gasteiger partial charge in [0, 0.05) is 32.2 Å². The zero-order valence-corrected chi connectivity index (χ0v) is 20.2. The summed E-state index contributed by atoms with van der Waals surface area (Å²) in [6, 6.07) is 7.14. The van der Waals surface area contributed by atoms with Gasteiger partial charge in [0.1, 0.15) is 22.9 Å². The van der Waals surface area contributed by atoms with Crippen molar-refractivity contribution in [2.45, 2.75) is 32.8 Å². The van der Waals surface area contributed by atoms with Gasteiger partial charge in [0.25, 0.3) is 6.43 Å². The molecular formula is C24H30F2N6O3. The number of benzene rings is 1. The van der Waals surface area contributed by atoms with E-state index in [4.69, 9.17) is 24.2 Å². The lowest BCUT2D eigenvalue weighted by atomic mass is 10.1. The van der Waals surface area contributed by atoms with Gasteiger partial charge >= 0.3 is 0 Å². The molecule has 0 bridgehead atoms. The summed E-state index contributed by atoms with van der Waals surface area (Å²) in [4.78, 5) is 18.0. The molecule has 0 N–H and O–H groups in total. The Bertz CT molecular complexity index is 1200. The standard InChI is InChI=1S/C24H30F2N6O3/c1-4-34-17-7-5-6-16-20(17)29-22(21(25)26)32(16)23-27-18(30-8-11-33-12-9-30)14-19(28-23)31-10-13-35-24(2,3)15-31/h5-7,14,21H,4,8-13,15H2,1-3H3. The molecule has 2 aliphatic rings. The third-order valence-electron chi connectivity index (χ3n) is 6.14. The number of aromatic nitrogens is 4. The molecule has 9 nitrogen and oxygen atoms in total. The number of fused-ring (bicyclic) bond motifs is 1. The van der Waals surface area contributed by atoms with Crippen molar-refractivity contribution < 1.29 is 23.0 Å². The number of ether oxygens (including phenoxy) is 3. The van der Waals surface area contributed by atoms with Gasteiger partial charge in [-0.1, -0.05) is 6.07 Å². The van der Waals surface area contributed by atoms with Crippen LogP contribution < -0.4 is 14.5 Å². The summed E-state index contributed by atoms with van der Waals surface area (Å²) in [6.07, 6.45) is -2.82. The molecule has 35 heavy (non-hydrogen) atoms. The highest BCUT2D eigenvalue weighted by Gasteiger charge is 2.30. The molecule has 5 rings (SSSR count). The van der Waals surface area contributed by atoms with Crippen molar-refractivity contribution in [1.29, 1.82) is 0 Å². The molecule has 11 heteroatoms. The lowest BCUT2D eigenvalue weighted by molar-refractivity contribution is -0.0279. The van der Waals surface area contributed by atoms with Crippen LogP contribution in [0.15, 0.2) is 24.3 Å². The molecular weight excluding hydrogens is 458 g/mol. The number of nitrogens with zero attached hydrogens (tertiary/aromatic N) is 6. The number of para-hydroxylation sites is 1. The predicted molar refractivity (Wildman–Crippen MR) is 128 cm³/mol. The van der Waals surface area contributed by atoms with Crippen LogP contribution in [0.4, 0.5) is 20.4 Å². The van der Waals surface area contributed by atoms with E-state index in [1.165, 1.54) is 4.57 Å². The summed E-state index contributed by atoms with van der Waals surface area (Å²) in [7, 11) is 0. The topological polar surface area (TPSA) is 77.8 Å². The van der Waals surface area contributed by atoms with E-state index in [-0.39, 0.29) is 11.5 Å². The maximum atomic E-state index is 14.2. The van der Waals surface area contributed by atoms with Crippen LogP contribution in [0, 0.1) is 0 Å². The highest BCUT2D eigenvalue weighted by Crippen LogP contribution is 2.33. The number of hydrogen-bond acceptors (Lipinski definition) is 8. The number of imidazole rings is 1. The van der Waals surface area contributed by atoms with Crippen molar-refractivity contribution in [2.75, 3.05) is 62.4 Å². The van der Waals surface area contributed by atoms with Crippen LogP contribution in [0.2, 0.25) is 0 Å². The second-order valence-electron chi connectivity index (χ2n) is 9.18. The summed E-state index contributed by atoms with van der Waals surface area (Å²) < 4.78 is 46.9. The number of halogens is 2. The second-order valence-corrected chi connectivity index (χ2v) is 9.18. The Morgan fingerprint density at radius 2 is 1.74 bits per heavy atom. The van der Waals surface area contributed by atoms with Gasteiger partial charge in [-0.2, -0.15) is 9.97 Å². The Morgan fingerprint density at radius 3 is 2.43 bits per heavy atom. The molecule has 0 spiro atoms. The SMILES string of the molecule is CCOc1cccc2c1nc(C(F)F)n2-c1nc(N2CCOCC2)cc(N2CCOC(C)(C)C2)n1. The van der Waals surface area contributed by atoms with Crippen LogP contribution in [-0.4, -0.2) is 77.7 Å².